The zero-order chi connectivity index (χ0) is 21.5. The summed E-state index contributed by atoms with van der Waals surface area (Å²) in [6.07, 6.45) is 1.92. The van der Waals surface area contributed by atoms with Gasteiger partial charge in [0.15, 0.2) is 0 Å². The summed E-state index contributed by atoms with van der Waals surface area (Å²) in [5.41, 5.74) is 6.76. The monoisotopic (exact) mass is 405 g/mol. The summed E-state index contributed by atoms with van der Waals surface area (Å²) >= 11 is 0. The van der Waals surface area contributed by atoms with E-state index in [0.717, 1.165) is 28.2 Å². The van der Waals surface area contributed by atoms with E-state index in [1.165, 1.54) is 27.3 Å². The van der Waals surface area contributed by atoms with Crippen molar-refractivity contribution in [2.75, 3.05) is 0 Å². The Morgan fingerprint density at radius 1 is 0.710 bits per heavy atom. The van der Waals surface area contributed by atoms with Crippen LogP contribution in [0.3, 0.4) is 0 Å². The lowest BCUT2D eigenvalue weighted by Crippen LogP contribution is -1.93. The first-order chi connectivity index (χ1) is 15.0. The van der Waals surface area contributed by atoms with Gasteiger partial charge >= 0.3 is 0 Å². The van der Waals surface area contributed by atoms with Crippen molar-refractivity contribution in [3.8, 4) is 22.6 Å². The maximum Gasteiger partial charge on any atom is 0.135 e. The average Bonchev–Trinajstić information content (AvgIpc) is 3.22. The molecule has 0 aliphatic rings. The molecule has 0 fully saturated rings. The van der Waals surface area contributed by atoms with Crippen LogP contribution in [-0.2, 0) is 0 Å². The van der Waals surface area contributed by atoms with Gasteiger partial charge in [-0.1, -0.05) is 76.2 Å². The third-order valence-electron chi connectivity index (χ3n) is 6.08. The second-order valence-corrected chi connectivity index (χ2v) is 8.90. The Bertz CT molecular complexity index is 1380. The Morgan fingerprint density at radius 2 is 1.52 bits per heavy atom. The van der Waals surface area contributed by atoms with Crippen molar-refractivity contribution in [2.45, 2.75) is 39.5 Å². The molecule has 0 N–H and O–H groups in total. The summed E-state index contributed by atoms with van der Waals surface area (Å²) in [5, 5.41) is 3.59. The lowest BCUT2D eigenvalue weighted by Gasteiger charge is -2.13. The standard InChI is InChI=1S/C29H27NO/c1-18(2)21-10-11-24-22(14-21)12-13-30-29(24)23-15-25(19(3)4)26-17-27(31-28(26)16-23)20-8-6-5-7-9-20/h5-19H,1-4H3. The summed E-state index contributed by atoms with van der Waals surface area (Å²) in [7, 11) is 0. The molecule has 2 aromatic heterocycles. The van der Waals surface area contributed by atoms with Crippen LogP contribution in [0.25, 0.3) is 44.3 Å². The van der Waals surface area contributed by atoms with Crippen LogP contribution < -0.4 is 0 Å². The Hall–Kier alpha value is -3.39. The van der Waals surface area contributed by atoms with E-state index in [1.54, 1.807) is 0 Å². The lowest BCUT2D eigenvalue weighted by molar-refractivity contribution is 0.631. The molecule has 31 heavy (non-hydrogen) atoms. The Balaban J connectivity index is 1.72. The zero-order valence-corrected chi connectivity index (χ0v) is 18.5. The summed E-state index contributed by atoms with van der Waals surface area (Å²) in [6, 6.07) is 25.7. The molecular formula is C29H27NO. The van der Waals surface area contributed by atoms with Gasteiger partial charge in [-0.15, -0.1) is 0 Å². The van der Waals surface area contributed by atoms with Crippen LogP contribution in [0, 0.1) is 0 Å². The summed E-state index contributed by atoms with van der Waals surface area (Å²) in [5.74, 6) is 1.79. The molecule has 0 amide bonds. The molecule has 2 heteroatoms. The maximum atomic E-state index is 6.34. The van der Waals surface area contributed by atoms with Crippen LogP contribution in [0.4, 0.5) is 0 Å². The van der Waals surface area contributed by atoms with Gasteiger partial charge < -0.3 is 4.42 Å². The van der Waals surface area contributed by atoms with Crippen LogP contribution in [0.15, 0.2) is 83.4 Å². The van der Waals surface area contributed by atoms with Crippen LogP contribution in [0.2, 0.25) is 0 Å². The van der Waals surface area contributed by atoms with Gasteiger partial charge in [0.05, 0.1) is 5.69 Å². The highest BCUT2D eigenvalue weighted by Crippen LogP contribution is 2.38. The van der Waals surface area contributed by atoms with Gasteiger partial charge in [-0.25, -0.2) is 0 Å². The minimum Gasteiger partial charge on any atom is -0.456 e. The van der Waals surface area contributed by atoms with Gasteiger partial charge in [0, 0.05) is 28.1 Å². The number of benzene rings is 3. The fourth-order valence-corrected chi connectivity index (χ4v) is 4.31. The predicted octanol–water partition coefficient (Wildman–Crippen LogP) is 8.56. The van der Waals surface area contributed by atoms with Gasteiger partial charge in [0.2, 0.25) is 0 Å². The number of hydrogen-bond acceptors (Lipinski definition) is 2. The van der Waals surface area contributed by atoms with Crippen molar-refractivity contribution in [3.63, 3.8) is 0 Å². The molecule has 5 aromatic rings. The third kappa shape index (κ3) is 3.53. The average molecular weight is 406 g/mol. The SMILES string of the molecule is CC(C)c1ccc2c(-c3cc(C(C)C)c4cc(-c5ccccc5)oc4c3)nccc2c1. The Morgan fingerprint density at radius 3 is 2.26 bits per heavy atom. The molecule has 0 radical (unpaired) electrons. The molecular weight excluding hydrogens is 378 g/mol. The third-order valence-corrected chi connectivity index (χ3v) is 6.08. The van der Waals surface area contributed by atoms with Crippen molar-refractivity contribution < 1.29 is 4.42 Å². The van der Waals surface area contributed by atoms with Gasteiger partial charge in [-0.2, -0.15) is 0 Å². The predicted molar refractivity (Wildman–Crippen MR) is 131 cm³/mol. The lowest BCUT2D eigenvalue weighted by atomic mass is 9.93. The molecule has 0 aliphatic heterocycles. The second-order valence-electron chi connectivity index (χ2n) is 8.90. The highest BCUT2D eigenvalue weighted by atomic mass is 16.3. The molecule has 0 spiro atoms. The molecule has 0 saturated carbocycles. The Kier molecular flexibility index (Phi) is 4.86. The first kappa shape index (κ1) is 19.6. The number of fused-ring (bicyclic) bond motifs is 2. The highest BCUT2D eigenvalue weighted by Gasteiger charge is 2.16. The number of hydrogen-bond donors (Lipinski definition) is 0. The minimum absolute atomic E-state index is 0.381. The number of pyridine rings is 1. The molecule has 2 nitrogen and oxygen atoms in total. The first-order valence-corrected chi connectivity index (χ1v) is 11.0. The smallest absolute Gasteiger partial charge is 0.135 e. The molecule has 0 unspecified atom stereocenters. The molecule has 5 rings (SSSR count). The van der Waals surface area contributed by atoms with E-state index < -0.39 is 0 Å². The topological polar surface area (TPSA) is 26.0 Å². The number of aromatic nitrogens is 1. The van der Waals surface area contributed by atoms with E-state index in [4.69, 9.17) is 9.40 Å². The van der Waals surface area contributed by atoms with Gasteiger partial charge in [0.25, 0.3) is 0 Å². The molecule has 154 valence electrons. The van der Waals surface area contributed by atoms with Crippen molar-refractivity contribution in [1.82, 2.24) is 4.98 Å². The molecule has 0 bridgehead atoms. The molecule has 0 atom stereocenters. The quantitative estimate of drug-likeness (QED) is 0.299. The van der Waals surface area contributed by atoms with E-state index in [0.29, 0.717) is 11.8 Å². The van der Waals surface area contributed by atoms with E-state index in [1.807, 2.05) is 24.4 Å². The normalized spacial score (nSPS) is 11.8. The first-order valence-electron chi connectivity index (χ1n) is 11.0. The highest BCUT2D eigenvalue weighted by molar-refractivity contribution is 5.98. The van der Waals surface area contributed by atoms with Crippen LogP contribution in [0.1, 0.15) is 50.7 Å². The van der Waals surface area contributed by atoms with Crippen molar-refractivity contribution in [1.29, 1.82) is 0 Å². The van der Waals surface area contributed by atoms with E-state index in [9.17, 15) is 0 Å². The van der Waals surface area contributed by atoms with E-state index in [-0.39, 0.29) is 0 Å². The van der Waals surface area contributed by atoms with Gasteiger partial charge in [-0.05, 0) is 52.6 Å². The molecule has 0 saturated heterocycles. The van der Waals surface area contributed by atoms with Crippen molar-refractivity contribution in [2.24, 2.45) is 0 Å². The van der Waals surface area contributed by atoms with Gasteiger partial charge in [-0.3, -0.25) is 4.98 Å². The zero-order valence-electron chi connectivity index (χ0n) is 18.5. The molecule has 0 aliphatic carbocycles. The largest absolute Gasteiger partial charge is 0.456 e. The number of furan rings is 1. The fourth-order valence-electron chi connectivity index (χ4n) is 4.31. The van der Waals surface area contributed by atoms with Crippen molar-refractivity contribution >= 4 is 21.7 Å². The van der Waals surface area contributed by atoms with Crippen LogP contribution >= 0.6 is 0 Å². The van der Waals surface area contributed by atoms with Crippen molar-refractivity contribution in [3.05, 3.63) is 90.1 Å². The maximum absolute atomic E-state index is 6.34. The summed E-state index contributed by atoms with van der Waals surface area (Å²) in [6.45, 7) is 8.93. The van der Waals surface area contributed by atoms with Gasteiger partial charge in [0.1, 0.15) is 11.3 Å². The minimum atomic E-state index is 0.381. The number of nitrogens with zero attached hydrogens (tertiary/aromatic N) is 1. The number of rotatable bonds is 4. The van der Waals surface area contributed by atoms with Crippen LogP contribution in [-0.4, -0.2) is 4.98 Å². The summed E-state index contributed by atoms with van der Waals surface area (Å²) < 4.78 is 6.34. The van der Waals surface area contributed by atoms with Crippen LogP contribution in [0.5, 0.6) is 0 Å². The second kappa shape index (κ2) is 7.70. The Labute approximate surface area is 183 Å². The van der Waals surface area contributed by atoms with E-state index in [2.05, 4.69) is 82.3 Å². The summed E-state index contributed by atoms with van der Waals surface area (Å²) in [4.78, 5) is 4.78. The fraction of sp³-hybridized carbons (Fsp3) is 0.207. The molecule has 3 aromatic carbocycles. The van der Waals surface area contributed by atoms with E-state index >= 15 is 0 Å². The molecule has 2 heterocycles.